The summed E-state index contributed by atoms with van der Waals surface area (Å²) in [5.41, 5.74) is 5.60. The van der Waals surface area contributed by atoms with Gasteiger partial charge in [-0.05, 0) is 32.4 Å². The number of nitrogens with two attached hydrogens (primary N) is 1. The molecule has 0 aliphatic rings. The van der Waals surface area contributed by atoms with Gasteiger partial charge in [0.05, 0.1) is 0 Å². The second-order valence-corrected chi connectivity index (χ2v) is 3.48. The molecule has 2 unspecified atom stereocenters. The van der Waals surface area contributed by atoms with Crippen molar-refractivity contribution >= 4 is 0 Å². The zero-order valence-electron chi connectivity index (χ0n) is 8.06. The van der Waals surface area contributed by atoms with Crippen molar-refractivity contribution in [2.75, 3.05) is 13.1 Å². The molecule has 0 radical (unpaired) electrons. The van der Waals surface area contributed by atoms with Gasteiger partial charge in [0.25, 0.3) is 0 Å². The zero-order valence-corrected chi connectivity index (χ0v) is 8.06. The van der Waals surface area contributed by atoms with Crippen molar-refractivity contribution < 1.29 is 0 Å². The molecule has 0 amide bonds. The summed E-state index contributed by atoms with van der Waals surface area (Å²) < 4.78 is 0. The summed E-state index contributed by atoms with van der Waals surface area (Å²) in [5, 5.41) is 3.39. The van der Waals surface area contributed by atoms with Crippen molar-refractivity contribution in [2.24, 2.45) is 11.7 Å². The molecule has 11 heavy (non-hydrogen) atoms. The van der Waals surface area contributed by atoms with Crippen molar-refractivity contribution in [1.82, 2.24) is 5.32 Å². The van der Waals surface area contributed by atoms with Crippen LogP contribution in [0.2, 0.25) is 0 Å². The Morgan fingerprint density at radius 3 is 2.45 bits per heavy atom. The van der Waals surface area contributed by atoms with Crippen LogP contribution in [0.25, 0.3) is 0 Å². The van der Waals surface area contributed by atoms with Crippen LogP contribution in [0.5, 0.6) is 0 Å². The first-order valence-electron chi connectivity index (χ1n) is 4.63. The van der Waals surface area contributed by atoms with E-state index >= 15 is 0 Å². The lowest BCUT2D eigenvalue weighted by Crippen LogP contribution is -2.27. The summed E-state index contributed by atoms with van der Waals surface area (Å²) in [4.78, 5) is 0. The number of hydrogen-bond acceptors (Lipinski definition) is 2. The molecule has 0 aromatic heterocycles. The van der Waals surface area contributed by atoms with Crippen molar-refractivity contribution in [1.29, 1.82) is 0 Å². The van der Waals surface area contributed by atoms with Gasteiger partial charge in [0.1, 0.15) is 0 Å². The van der Waals surface area contributed by atoms with Gasteiger partial charge in [0, 0.05) is 6.04 Å². The summed E-state index contributed by atoms with van der Waals surface area (Å²) in [5.74, 6) is 0.795. The topological polar surface area (TPSA) is 38.0 Å². The highest BCUT2D eigenvalue weighted by Gasteiger charge is 1.97. The minimum atomic E-state index is 0.333. The molecule has 0 aromatic rings. The van der Waals surface area contributed by atoms with Crippen LogP contribution < -0.4 is 11.1 Å². The van der Waals surface area contributed by atoms with Gasteiger partial charge in [-0.15, -0.1) is 0 Å². The van der Waals surface area contributed by atoms with Crippen LogP contribution in [0, 0.1) is 5.92 Å². The van der Waals surface area contributed by atoms with Crippen molar-refractivity contribution in [2.45, 2.75) is 39.7 Å². The van der Waals surface area contributed by atoms with E-state index in [1.165, 1.54) is 6.42 Å². The average molecular weight is 158 g/mol. The van der Waals surface area contributed by atoms with Crippen molar-refractivity contribution in [3.05, 3.63) is 0 Å². The molecule has 0 rings (SSSR count). The Bertz CT molecular complexity index is 81.6. The maximum atomic E-state index is 5.60. The second-order valence-electron chi connectivity index (χ2n) is 3.48. The molecule has 0 bridgehead atoms. The molecule has 2 atom stereocenters. The van der Waals surface area contributed by atoms with E-state index in [9.17, 15) is 0 Å². The van der Waals surface area contributed by atoms with Gasteiger partial charge in [0.2, 0.25) is 0 Å². The van der Waals surface area contributed by atoms with Gasteiger partial charge in [-0.2, -0.15) is 0 Å². The first-order valence-corrected chi connectivity index (χ1v) is 4.63. The first-order chi connectivity index (χ1) is 5.16. The normalized spacial score (nSPS) is 16.4. The molecule has 3 N–H and O–H groups in total. The highest BCUT2D eigenvalue weighted by molar-refractivity contribution is 4.58. The third-order valence-electron chi connectivity index (χ3n) is 1.97. The Labute approximate surface area is 70.5 Å². The zero-order chi connectivity index (χ0) is 8.69. The molecule has 0 aromatic carbocycles. The summed E-state index contributed by atoms with van der Waals surface area (Å²) in [6, 6.07) is 0.333. The SMILES string of the molecule is CCC(C)CNCCC(C)N. The lowest BCUT2D eigenvalue weighted by atomic mass is 10.1. The van der Waals surface area contributed by atoms with E-state index in [-0.39, 0.29) is 0 Å². The van der Waals surface area contributed by atoms with E-state index < -0.39 is 0 Å². The van der Waals surface area contributed by atoms with Crippen LogP contribution in [0.4, 0.5) is 0 Å². The molecular formula is C9H22N2. The molecule has 2 nitrogen and oxygen atoms in total. The number of hydrogen-bond donors (Lipinski definition) is 2. The molecule has 0 fully saturated rings. The minimum absolute atomic E-state index is 0.333. The largest absolute Gasteiger partial charge is 0.328 e. The van der Waals surface area contributed by atoms with Crippen LogP contribution in [0.1, 0.15) is 33.6 Å². The van der Waals surface area contributed by atoms with Gasteiger partial charge in [-0.25, -0.2) is 0 Å². The Kier molecular flexibility index (Phi) is 6.57. The van der Waals surface area contributed by atoms with Gasteiger partial charge in [-0.3, -0.25) is 0 Å². The molecule has 0 spiro atoms. The monoisotopic (exact) mass is 158 g/mol. The molecular weight excluding hydrogens is 136 g/mol. The Balaban J connectivity index is 3.01. The van der Waals surface area contributed by atoms with E-state index in [1.54, 1.807) is 0 Å². The quantitative estimate of drug-likeness (QED) is 0.573. The van der Waals surface area contributed by atoms with Crippen LogP contribution >= 0.6 is 0 Å². The summed E-state index contributed by atoms with van der Waals surface area (Å²) in [7, 11) is 0. The van der Waals surface area contributed by atoms with Crippen LogP contribution in [0.3, 0.4) is 0 Å². The number of nitrogens with one attached hydrogen (secondary N) is 1. The van der Waals surface area contributed by atoms with Crippen LogP contribution in [-0.4, -0.2) is 19.1 Å². The van der Waals surface area contributed by atoms with Gasteiger partial charge in [-0.1, -0.05) is 20.3 Å². The Morgan fingerprint density at radius 1 is 1.36 bits per heavy atom. The Morgan fingerprint density at radius 2 is 2.00 bits per heavy atom. The predicted molar refractivity (Wildman–Crippen MR) is 50.6 cm³/mol. The maximum absolute atomic E-state index is 5.60. The van der Waals surface area contributed by atoms with Crippen LogP contribution in [0.15, 0.2) is 0 Å². The average Bonchev–Trinajstić information content (AvgIpc) is 1.97. The van der Waals surface area contributed by atoms with Gasteiger partial charge in [0.15, 0.2) is 0 Å². The van der Waals surface area contributed by atoms with E-state index in [2.05, 4.69) is 19.2 Å². The maximum Gasteiger partial charge on any atom is 0.00225 e. The predicted octanol–water partition coefficient (Wildman–Crippen LogP) is 1.36. The fraction of sp³-hybridized carbons (Fsp3) is 1.00. The lowest BCUT2D eigenvalue weighted by molar-refractivity contribution is 0.485. The fourth-order valence-electron chi connectivity index (χ4n) is 0.823. The van der Waals surface area contributed by atoms with E-state index in [1.807, 2.05) is 6.92 Å². The summed E-state index contributed by atoms with van der Waals surface area (Å²) in [6.45, 7) is 8.72. The molecule has 0 aliphatic carbocycles. The Hall–Kier alpha value is -0.0800. The molecule has 0 saturated heterocycles. The van der Waals surface area contributed by atoms with Crippen molar-refractivity contribution in [3.8, 4) is 0 Å². The highest BCUT2D eigenvalue weighted by Crippen LogP contribution is 1.96. The van der Waals surface area contributed by atoms with E-state index in [0.29, 0.717) is 6.04 Å². The molecule has 0 aliphatic heterocycles. The summed E-state index contributed by atoms with van der Waals surface area (Å²) >= 11 is 0. The number of rotatable bonds is 6. The molecule has 0 saturated carbocycles. The molecule has 0 heterocycles. The summed E-state index contributed by atoms with van der Waals surface area (Å²) in [6.07, 6.45) is 2.33. The van der Waals surface area contributed by atoms with E-state index in [4.69, 9.17) is 5.73 Å². The third kappa shape index (κ3) is 7.82. The first kappa shape index (κ1) is 10.9. The fourth-order valence-corrected chi connectivity index (χ4v) is 0.823. The highest BCUT2D eigenvalue weighted by atomic mass is 14.9. The second kappa shape index (κ2) is 6.62. The standard InChI is InChI=1S/C9H22N2/c1-4-8(2)7-11-6-5-9(3)10/h8-9,11H,4-7,10H2,1-3H3. The van der Waals surface area contributed by atoms with Crippen LogP contribution in [-0.2, 0) is 0 Å². The van der Waals surface area contributed by atoms with E-state index in [0.717, 1.165) is 25.4 Å². The van der Waals surface area contributed by atoms with Crippen molar-refractivity contribution in [3.63, 3.8) is 0 Å². The van der Waals surface area contributed by atoms with Gasteiger partial charge >= 0.3 is 0 Å². The molecule has 2 heteroatoms. The third-order valence-corrected chi connectivity index (χ3v) is 1.97. The lowest BCUT2D eigenvalue weighted by Gasteiger charge is -2.10. The minimum Gasteiger partial charge on any atom is -0.328 e. The molecule has 68 valence electrons. The van der Waals surface area contributed by atoms with Gasteiger partial charge < -0.3 is 11.1 Å². The smallest absolute Gasteiger partial charge is 0.00225 e.